The molecule has 72 valence electrons. The highest BCUT2D eigenvalue weighted by molar-refractivity contribution is 5.60. The van der Waals surface area contributed by atoms with Crippen LogP contribution in [0.4, 0.5) is 11.5 Å². The molecular weight excluding hydrogens is 178 g/mol. The number of aromatic nitrogens is 3. The first kappa shape index (κ1) is 8.55. The molecule has 2 aromatic rings. The minimum Gasteiger partial charge on any atom is -0.396 e. The molecule has 2 heterocycles. The molecule has 0 fully saturated rings. The zero-order chi connectivity index (χ0) is 9.80. The molecule has 2 aromatic heterocycles. The zero-order valence-corrected chi connectivity index (χ0v) is 7.57. The minimum absolute atomic E-state index is 0.591. The molecule has 0 spiro atoms. The summed E-state index contributed by atoms with van der Waals surface area (Å²) in [6, 6.07) is 3.60. The van der Waals surface area contributed by atoms with E-state index in [-0.39, 0.29) is 0 Å². The molecule has 4 N–H and O–H groups in total. The maximum Gasteiger partial charge on any atom is 0.149 e. The van der Waals surface area contributed by atoms with Crippen LogP contribution in [0.25, 0.3) is 0 Å². The summed E-state index contributed by atoms with van der Waals surface area (Å²) in [6.45, 7) is 0.591. The molecular formula is C9H11N5. The Morgan fingerprint density at radius 1 is 1.36 bits per heavy atom. The van der Waals surface area contributed by atoms with E-state index in [4.69, 9.17) is 5.73 Å². The number of nitrogen functional groups attached to an aromatic ring is 1. The van der Waals surface area contributed by atoms with Gasteiger partial charge in [0.25, 0.3) is 0 Å². The fourth-order valence-corrected chi connectivity index (χ4v) is 1.13. The minimum atomic E-state index is 0.591. The van der Waals surface area contributed by atoms with Gasteiger partial charge in [0.05, 0.1) is 12.2 Å². The van der Waals surface area contributed by atoms with Crippen molar-refractivity contribution < 1.29 is 0 Å². The third-order valence-corrected chi connectivity index (χ3v) is 1.82. The van der Waals surface area contributed by atoms with Crippen molar-refractivity contribution in [2.75, 3.05) is 11.1 Å². The van der Waals surface area contributed by atoms with Crippen LogP contribution in [0.3, 0.4) is 0 Å². The van der Waals surface area contributed by atoms with E-state index in [0.717, 1.165) is 5.82 Å². The SMILES string of the molecule is Nc1cccnc1NCc1ncc[nH]1. The molecule has 0 aromatic carbocycles. The maximum atomic E-state index is 5.70. The summed E-state index contributed by atoms with van der Waals surface area (Å²) in [7, 11) is 0. The molecule has 2 rings (SSSR count). The van der Waals surface area contributed by atoms with Crippen molar-refractivity contribution >= 4 is 11.5 Å². The second kappa shape index (κ2) is 3.78. The monoisotopic (exact) mass is 189 g/mol. The summed E-state index contributed by atoms with van der Waals surface area (Å²) >= 11 is 0. The van der Waals surface area contributed by atoms with Crippen molar-refractivity contribution in [3.63, 3.8) is 0 Å². The molecule has 0 aliphatic carbocycles. The number of rotatable bonds is 3. The first-order valence-corrected chi connectivity index (χ1v) is 4.29. The van der Waals surface area contributed by atoms with Gasteiger partial charge in [-0.25, -0.2) is 9.97 Å². The number of hydrogen-bond acceptors (Lipinski definition) is 4. The van der Waals surface area contributed by atoms with Crippen LogP contribution >= 0.6 is 0 Å². The summed E-state index contributed by atoms with van der Waals surface area (Å²) in [5, 5.41) is 3.09. The van der Waals surface area contributed by atoms with Crippen molar-refractivity contribution in [1.29, 1.82) is 0 Å². The van der Waals surface area contributed by atoms with E-state index in [2.05, 4.69) is 20.3 Å². The van der Waals surface area contributed by atoms with Crippen LogP contribution in [0.2, 0.25) is 0 Å². The van der Waals surface area contributed by atoms with E-state index in [1.165, 1.54) is 0 Å². The van der Waals surface area contributed by atoms with Crippen LogP contribution in [0, 0.1) is 0 Å². The van der Waals surface area contributed by atoms with E-state index in [9.17, 15) is 0 Å². The topological polar surface area (TPSA) is 79.6 Å². The number of anilines is 2. The van der Waals surface area contributed by atoms with Gasteiger partial charge in [-0.1, -0.05) is 0 Å². The Morgan fingerprint density at radius 2 is 2.29 bits per heavy atom. The van der Waals surface area contributed by atoms with Crippen LogP contribution in [0.15, 0.2) is 30.7 Å². The normalized spacial score (nSPS) is 10.0. The van der Waals surface area contributed by atoms with Gasteiger partial charge in [0.2, 0.25) is 0 Å². The van der Waals surface area contributed by atoms with Crippen LogP contribution in [-0.2, 0) is 6.54 Å². The van der Waals surface area contributed by atoms with Crippen LogP contribution in [0.5, 0.6) is 0 Å². The molecule has 0 bridgehead atoms. The number of aromatic amines is 1. The van der Waals surface area contributed by atoms with Crippen molar-refractivity contribution in [1.82, 2.24) is 15.0 Å². The lowest BCUT2D eigenvalue weighted by Crippen LogP contribution is -2.05. The summed E-state index contributed by atoms with van der Waals surface area (Å²) in [6.07, 6.45) is 5.18. The van der Waals surface area contributed by atoms with E-state index in [0.29, 0.717) is 18.1 Å². The van der Waals surface area contributed by atoms with Gasteiger partial charge in [-0.3, -0.25) is 0 Å². The third-order valence-electron chi connectivity index (χ3n) is 1.82. The predicted octanol–water partition coefficient (Wildman–Crippen LogP) is 0.999. The fourth-order valence-electron chi connectivity index (χ4n) is 1.13. The smallest absolute Gasteiger partial charge is 0.149 e. The van der Waals surface area contributed by atoms with E-state index >= 15 is 0 Å². The molecule has 0 radical (unpaired) electrons. The van der Waals surface area contributed by atoms with Gasteiger partial charge in [0.1, 0.15) is 11.6 Å². The average Bonchev–Trinajstić information content (AvgIpc) is 2.69. The van der Waals surface area contributed by atoms with Crippen molar-refractivity contribution in [3.05, 3.63) is 36.5 Å². The molecule has 0 aliphatic rings. The third kappa shape index (κ3) is 1.82. The summed E-state index contributed by atoms with van der Waals surface area (Å²) in [5.41, 5.74) is 6.34. The van der Waals surface area contributed by atoms with Gasteiger partial charge in [-0.2, -0.15) is 0 Å². The lowest BCUT2D eigenvalue weighted by molar-refractivity contribution is 0.989. The van der Waals surface area contributed by atoms with Gasteiger partial charge in [0.15, 0.2) is 0 Å². The Morgan fingerprint density at radius 3 is 3.00 bits per heavy atom. The summed E-state index contributed by atoms with van der Waals surface area (Å²) in [5.74, 6) is 1.54. The highest BCUT2D eigenvalue weighted by Crippen LogP contribution is 2.13. The Hall–Kier alpha value is -2.04. The van der Waals surface area contributed by atoms with Gasteiger partial charge < -0.3 is 16.0 Å². The van der Waals surface area contributed by atoms with Gasteiger partial charge >= 0.3 is 0 Å². The Labute approximate surface area is 81.4 Å². The highest BCUT2D eigenvalue weighted by Gasteiger charge is 1.99. The molecule has 0 saturated carbocycles. The molecule has 5 heteroatoms. The lowest BCUT2D eigenvalue weighted by atomic mass is 10.4. The maximum absolute atomic E-state index is 5.70. The fraction of sp³-hybridized carbons (Fsp3) is 0.111. The van der Waals surface area contributed by atoms with Gasteiger partial charge in [-0.05, 0) is 12.1 Å². The van der Waals surface area contributed by atoms with Crippen LogP contribution in [0.1, 0.15) is 5.82 Å². The van der Waals surface area contributed by atoms with Gasteiger partial charge in [-0.15, -0.1) is 0 Å². The molecule has 0 unspecified atom stereocenters. The Bertz CT molecular complexity index is 395. The molecule has 0 saturated heterocycles. The number of nitrogens with two attached hydrogens (primary N) is 1. The van der Waals surface area contributed by atoms with Crippen LogP contribution < -0.4 is 11.1 Å². The van der Waals surface area contributed by atoms with Crippen molar-refractivity contribution in [3.8, 4) is 0 Å². The first-order valence-electron chi connectivity index (χ1n) is 4.29. The number of nitrogens with zero attached hydrogens (tertiary/aromatic N) is 2. The van der Waals surface area contributed by atoms with E-state index < -0.39 is 0 Å². The second-order valence-corrected chi connectivity index (χ2v) is 2.83. The van der Waals surface area contributed by atoms with E-state index in [1.54, 1.807) is 30.7 Å². The standard InChI is InChI=1S/C9H11N5/c10-7-2-1-3-13-9(7)14-6-8-11-4-5-12-8/h1-5H,6,10H2,(H,11,12)(H,13,14). The number of nitrogens with one attached hydrogen (secondary N) is 2. The molecule has 0 amide bonds. The molecule has 14 heavy (non-hydrogen) atoms. The number of hydrogen-bond donors (Lipinski definition) is 3. The predicted molar refractivity (Wildman–Crippen MR) is 54.6 cm³/mol. The number of pyridine rings is 1. The number of imidazole rings is 1. The average molecular weight is 189 g/mol. The van der Waals surface area contributed by atoms with E-state index in [1.807, 2.05) is 0 Å². The van der Waals surface area contributed by atoms with Crippen molar-refractivity contribution in [2.45, 2.75) is 6.54 Å². The Balaban J connectivity index is 2.02. The zero-order valence-electron chi connectivity index (χ0n) is 7.57. The highest BCUT2D eigenvalue weighted by atomic mass is 15.0. The molecule has 0 atom stereocenters. The molecule has 0 aliphatic heterocycles. The number of H-pyrrole nitrogens is 1. The molecule has 5 nitrogen and oxygen atoms in total. The lowest BCUT2D eigenvalue weighted by Gasteiger charge is -2.05. The Kier molecular flexibility index (Phi) is 2.31. The van der Waals surface area contributed by atoms with Crippen molar-refractivity contribution in [2.24, 2.45) is 0 Å². The summed E-state index contributed by atoms with van der Waals surface area (Å²) < 4.78 is 0. The largest absolute Gasteiger partial charge is 0.396 e. The second-order valence-electron chi connectivity index (χ2n) is 2.83. The van der Waals surface area contributed by atoms with Crippen LogP contribution in [-0.4, -0.2) is 15.0 Å². The summed E-state index contributed by atoms with van der Waals surface area (Å²) in [4.78, 5) is 11.2. The first-order chi connectivity index (χ1) is 6.86. The van der Waals surface area contributed by atoms with Gasteiger partial charge in [0, 0.05) is 18.6 Å². The quantitative estimate of drug-likeness (QED) is 0.673.